The van der Waals surface area contributed by atoms with Crippen molar-refractivity contribution in [2.75, 3.05) is 7.05 Å². The first kappa shape index (κ1) is 9.29. The van der Waals surface area contributed by atoms with Gasteiger partial charge in [-0.2, -0.15) is 0 Å². The van der Waals surface area contributed by atoms with E-state index in [1.807, 2.05) is 0 Å². The summed E-state index contributed by atoms with van der Waals surface area (Å²) in [6, 6.07) is 0. The fraction of sp³-hybridized carbons (Fsp3) is 0.600. The number of amidine groups is 1. The SMILES string of the molecule is CNC(=O)C(C)SC(=N)N. The molecule has 0 aliphatic heterocycles. The monoisotopic (exact) mass is 161 g/mol. The van der Waals surface area contributed by atoms with E-state index in [1.165, 1.54) is 0 Å². The largest absolute Gasteiger partial charge is 0.379 e. The zero-order chi connectivity index (χ0) is 8.15. The Bertz CT molecular complexity index is 148. The Morgan fingerprint density at radius 1 is 1.80 bits per heavy atom. The Morgan fingerprint density at radius 3 is 2.60 bits per heavy atom. The molecule has 0 saturated carbocycles. The van der Waals surface area contributed by atoms with Crippen LogP contribution in [0.3, 0.4) is 0 Å². The second-order valence-electron chi connectivity index (χ2n) is 1.74. The van der Waals surface area contributed by atoms with Crippen LogP contribution in [-0.2, 0) is 4.79 Å². The van der Waals surface area contributed by atoms with Crippen LogP contribution in [0, 0.1) is 5.41 Å². The number of nitrogens with one attached hydrogen (secondary N) is 2. The molecule has 1 atom stereocenters. The Balaban J connectivity index is 3.72. The van der Waals surface area contributed by atoms with Crippen molar-refractivity contribution >= 4 is 22.8 Å². The molecule has 10 heavy (non-hydrogen) atoms. The Hall–Kier alpha value is -0.710. The lowest BCUT2D eigenvalue weighted by Gasteiger charge is -2.06. The molecule has 0 spiro atoms. The molecule has 0 saturated heterocycles. The molecule has 0 aromatic heterocycles. The van der Waals surface area contributed by atoms with E-state index < -0.39 is 0 Å². The molecule has 0 rings (SSSR count). The van der Waals surface area contributed by atoms with Gasteiger partial charge in [-0.1, -0.05) is 11.8 Å². The number of carbonyl (C=O) groups is 1. The zero-order valence-electron chi connectivity index (χ0n) is 5.97. The minimum absolute atomic E-state index is 0.0314. The summed E-state index contributed by atoms with van der Waals surface area (Å²) in [5.41, 5.74) is 5.05. The molecule has 4 N–H and O–H groups in total. The fourth-order valence-corrected chi connectivity index (χ4v) is 1.05. The first-order chi connectivity index (χ1) is 4.57. The average Bonchev–Trinajstić information content (AvgIpc) is 1.85. The van der Waals surface area contributed by atoms with Crippen molar-refractivity contribution in [3.05, 3.63) is 0 Å². The highest BCUT2D eigenvalue weighted by atomic mass is 32.2. The van der Waals surface area contributed by atoms with Crippen LogP contribution >= 0.6 is 11.8 Å². The van der Waals surface area contributed by atoms with Gasteiger partial charge >= 0.3 is 0 Å². The van der Waals surface area contributed by atoms with Crippen molar-refractivity contribution in [2.24, 2.45) is 5.73 Å². The number of rotatable bonds is 2. The number of thioether (sulfide) groups is 1. The van der Waals surface area contributed by atoms with E-state index >= 15 is 0 Å². The summed E-state index contributed by atoms with van der Waals surface area (Å²) in [5, 5.41) is 9.01. The van der Waals surface area contributed by atoms with Crippen molar-refractivity contribution in [1.82, 2.24) is 5.32 Å². The maximum atomic E-state index is 10.8. The van der Waals surface area contributed by atoms with Gasteiger partial charge in [0.25, 0.3) is 0 Å². The molecule has 1 amide bonds. The molecule has 1 unspecified atom stereocenters. The van der Waals surface area contributed by atoms with Gasteiger partial charge < -0.3 is 11.1 Å². The smallest absolute Gasteiger partial charge is 0.233 e. The average molecular weight is 161 g/mol. The number of hydrogen-bond donors (Lipinski definition) is 3. The third kappa shape index (κ3) is 3.34. The van der Waals surface area contributed by atoms with Crippen molar-refractivity contribution in [2.45, 2.75) is 12.2 Å². The van der Waals surface area contributed by atoms with Gasteiger partial charge in [0.2, 0.25) is 5.91 Å². The molecule has 58 valence electrons. The van der Waals surface area contributed by atoms with Gasteiger partial charge in [0.15, 0.2) is 5.17 Å². The van der Waals surface area contributed by atoms with Crippen molar-refractivity contribution in [1.29, 1.82) is 5.41 Å². The maximum absolute atomic E-state index is 10.8. The molecule has 0 heterocycles. The Labute approximate surface area is 64.1 Å². The Kier molecular flexibility index (Phi) is 3.87. The molecule has 0 fully saturated rings. The van der Waals surface area contributed by atoms with Crippen LogP contribution < -0.4 is 11.1 Å². The van der Waals surface area contributed by atoms with Gasteiger partial charge in [0, 0.05) is 7.05 Å². The van der Waals surface area contributed by atoms with Crippen LogP contribution in [0.2, 0.25) is 0 Å². The van der Waals surface area contributed by atoms with E-state index in [-0.39, 0.29) is 16.3 Å². The first-order valence-electron chi connectivity index (χ1n) is 2.80. The summed E-state index contributed by atoms with van der Waals surface area (Å²) in [6.45, 7) is 1.70. The summed E-state index contributed by atoms with van der Waals surface area (Å²) < 4.78 is 0. The van der Waals surface area contributed by atoms with E-state index in [1.54, 1.807) is 14.0 Å². The zero-order valence-corrected chi connectivity index (χ0v) is 6.79. The molecule has 0 aromatic carbocycles. The van der Waals surface area contributed by atoms with E-state index in [2.05, 4.69) is 5.32 Å². The first-order valence-corrected chi connectivity index (χ1v) is 3.68. The summed E-state index contributed by atoms with van der Waals surface area (Å²) in [5.74, 6) is -0.111. The van der Waals surface area contributed by atoms with Gasteiger partial charge in [-0.25, -0.2) is 0 Å². The van der Waals surface area contributed by atoms with E-state index in [9.17, 15) is 4.79 Å². The highest BCUT2D eigenvalue weighted by molar-refractivity contribution is 8.14. The predicted molar refractivity (Wildman–Crippen MR) is 43.0 cm³/mol. The van der Waals surface area contributed by atoms with Crippen LogP contribution in [-0.4, -0.2) is 23.4 Å². The molecular formula is C5H11N3OS. The molecule has 0 aromatic rings. The van der Waals surface area contributed by atoms with Crippen molar-refractivity contribution in [3.63, 3.8) is 0 Å². The standard InChI is InChI=1S/C5H11N3OS/c1-3(4(9)8-2)10-5(6)7/h3H,1-2H3,(H3,6,7)(H,8,9). The van der Waals surface area contributed by atoms with Crippen LogP contribution in [0.15, 0.2) is 0 Å². The number of hydrogen-bond acceptors (Lipinski definition) is 3. The minimum atomic E-state index is -0.275. The topological polar surface area (TPSA) is 79.0 Å². The number of amides is 1. The molecule has 0 aliphatic rings. The van der Waals surface area contributed by atoms with Gasteiger partial charge in [-0.3, -0.25) is 10.2 Å². The van der Waals surface area contributed by atoms with Crippen LogP contribution in [0.25, 0.3) is 0 Å². The summed E-state index contributed by atoms with van der Waals surface area (Å²) in [4.78, 5) is 10.8. The van der Waals surface area contributed by atoms with Gasteiger partial charge in [0.1, 0.15) is 0 Å². The predicted octanol–water partition coefficient (Wildman–Crippen LogP) is -0.252. The van der Waals surface area contributed by atoms with Gasteiger partial charge in [-0.15, -0.1) is 0 Å². The summed E-state index contributed by atoms with van der Waals surface area (Å²) >= 11 is 1.04. The van der Waals surface area contributed by atoms with E-state index in [0.29, 0.717) is 0 Å². The van der Waals surface area contributed by atoms with Gasteiger partial charge in [-0.05, 0) is 6.92 Å². The lowest BCUT2D eigenvalue weighted by Crippen LogP contribution is -2.29. The van der Waals surface area contributed by atoms with Crippen LogP contribution in [0.4, 0.5) is 0 Å². The third-order valence-electron chi connectivity index (χ3n) is 0.919. The normalized spacial score (nSPS) is 12.2. The number of carbonyl (C=O) groups excluding carboxylic acids is 1. The second kappa shape index (κ2) is 4.16. The third-order valence-corrected chi connectivity index (χ3v) is 1.74. The summed E-state index contributed by atoms with van der Waals surface area (Å²) in [6.07, 6.45) is 0. The van der Waals surface area contributed by atoms with Crippen molar-refractivity contribution < 1.29 is 4.79 Å². The van der Waals surface area contributed by atoms with Crippen LogP contribution in [0.1, 0.15) is 6.92 Å². The molecule has 0 bridgehead atoms. The van der Waals surface area contributed by atoms with E-state index in [4.69, 9.17) is 11.1 Å². The van der Waals surface area contributed by atoms with Crippen molar-refractivity contribution in [3.8, 4) is 0 Å². The highest BCUT2D eigenvalue weighted by Gasteiger charge is 2.11. The lowest BCUT2D eigenvalue weighted by atomic mass is 10.4. The maximum Gasteiger partial charge on any atom is 0.233 e. The fourth-order valence-electron chi connectivity index (χ4n) is 0.447. The molecule has 4 nitrogen and oxygen atoms in total. The lowest BCUT2D eigenvalue weighted by molar-refractivity contribution is -0.119. The molecule has 0 aliphatic carbocycles. The van der Waals surface area contributed by atoms with Crippen LogP contribution in [0.5, 0.6) is 0 Å². The quantitative estimate of drug-likeness (QED) is 0.386. The molecule has 5 heteroatoms. The van der Waals surface area contributed by atoms with Gasteiger partial charge in [0.05, 0.1) is 5.25 Å². The Morgan fingerprint density at radius 2 is 2.30 bits per heavy atom. The number of nitrogens with two attached hydrogens (primary N) is 1. The highest BCUT2D eigenvalue weighted by Crippen LogP contribution is 2.07. The van der Waals surface area contributed by atoms with E-state index in [0.717, 1.165) is 11.8 Å². The molecular weight excluding hydrogens is 150 g/mol. The summed E-state index contributed by atoms with van der Waals surface area (Å²) in [7, 11) is 1.56. The second-order valence-corrected chi connectivity index (χ2v) is 3.12. The minimum Gasteiger partial charge on any atom is -0.379 e. The molecule has 0 radical (unpaired) electrons.